The van der Waals surface area contributed by atoms with Crippen LogP contribution in [0.3, 0.4) is 0 Å². The van der Waals surface area contributed by atoms with Gasteiger partial charge in [0.15, 0.2) is 11.0 Å². The highest BCUT2D eigenvalue weighted by molar-refractivity contribution is 7.99. The second kappa shape index (κ2) is 10.5. The molecule has 0 bridgehead atoms. The molecule has 0 aliphatic heterocycles. The summed E-state index contributed by atoms with van der Waals surface area (Å²) in [7, 11) is 0. The summed E-state index contributed by atoms with van der Waals surface area (Å²) in [5, 5.41) is 11.5. The molecular weight excluding hydrogens is 488 g/mol. The van der Waals surface area contributed by atoms with Crippen molar-refractivity contribution in [1.82, 2.24) is 14.8 Å². The highest BCUT2D eigenvalue weighted by Gasteiger charge is 2.31. The third-order valence-electron chi connectivity index (χ3n) is 4.20. The first-order chi connectivity index (χ1) is 15.2. The van der Waals surface area contributed by atoms with Crippen molar-refractivity contribution in [3.63, 3.8) is 0 Å². The highest BCUT2D eigenvalue weighted by atomic mass is 35.5. The van der Waals surface area contributed by atoms with E-state index in [4.69, 9.17) is 27.9 Å². The number of hydrogen-bond donors (Lipinski definition) is 1. The monoisotopic (exact) mass is 504 g/mol. The van der Waals surface area contributed by atoms with Crippen LogP contribution in [0.25, 0.3) is 0 Å². The molecule has 6 nitrogen and oxygen atoms in total. The van der Waals surface area contributed by atoms with Gasteiger partial charge in [-0.15, -0.1) is 10.2 Å². The lowest BCUT2D eigenvalue weighted by atomic mass is 10.2. The van der Waals surface area contributed by atoms with Crippen LogP contribution in [0.4, 0.5) is 18.9 Å². The smallest absolute Gasteiger partial charge is 0.416 e. The van der Waals surface area contributed by atoms with E-state index in [2.05, 4.69) is 15.5 Å². The molecule has 0 atom stereocenters. The van der Waals surface area contributed by atoms with E-state index in [1.807, 2.05) is 6.92 Å². The Labute approximate surface area is 196 Å². The van der Waals surface area contributed by atoms with Crippen molar-refractivity contribution < 1.29 is 22.7 Å². The van der Waals surface area contributed by atoms with Crippen molar-refractivity contribution in [2.75, 3.05) is 11.1 Å². The third kappa shape index (κ3) is 6.08. The normalized spacial score (nSPS) is 11.4. The summed E-state index contributed by atoms with van der Waals surface area (Å²) in [6.45, 7) is 2.53. The predicted octanol–water partition coefficient (Wildman–Crippen LogP) is 5.93. The molecule has 0 unspecified atom stereocenters. The Bertz CT molecular complexity index is 1110. The summed E-state index contributed by atoms with van der Waals surface area (Å²) in [6.07, 6.45) is -4.54. The number of nitrogens with zero attached hydrogens (tertiary/aromatic N) is 3. The number of benzene rings is 2. The second-order valence-corrected chi connectivity index (χ2v) is 8.15. The fourth-order valence-corrected chi connectivity index (χ4v) is 3.84. The van der Waals surface area contributed by atoms with E-state index >= 15 is 0 Å². The van der Waals surface area contributed by atoms with E-state index in [0.717, 1.165) is 30.0 Å². The van der Waals surface area contributed by atoms with Gasteiger partial charge in [-0.25, -0.2) is 0 Å². The molecule has 0 saturated carbocycles. The number of aromatic nitrogens is 3. The van der Waals surface area contributed by atoms with E-state index in [1.165, 1.54) is 0 Å². The minimum atomic E-state index is -4.54. The molecule has 1 aromatic heterocycles. The Kier molecular flexibility index (Phi) is 7.91. The van der Waals surface area contributed by atoms with Gasteiger partial charge in [0.2, 0.25) is 5.91 Å². The minimum Gasteiger partial charge on any atom is -0.484 e. The highest BCUT2D eigenvalue weighted by Crippen LogP contribution is 2.34. The quantitative estimate of drug-likeness (QED) is 0.384. The first-order valence-electron chi connectivity index (χ1n) is 9.27. The average Bonchev–Trinajstić information content (AvgIpc) is 3.14. The van der Waals surface area contributed by atoms with Gasteiger partial charge in [-0.2, -0.15) is 13.2 Å². The maximum atomic E-state index is 12.9. The van der Waals surface area contributed by atoms with Gasteiger partial charge in [0.05, 0.1) is 27.0 Å². The molecule has 2 aromatic carbocycles. The Hall–Kier alpha value is -2.43. The van der Waals surface area contributed by atoms with Crippen LogP contribution in [0, 0.1) is 0 Å². The van der Waals surface area contributed by atoms with Gasteiger partial charge < -0.3 is 14.6 Å². The molecule has 0 aliphatic rings. The zero-order chi connectivity index (χ0) is 23.3. The number of anilines is 1. The Morgan fingerprint density at radius 3 is 2.59 bits per heavy atom. The van der Waals surface area contributed by atoms with Crippen LogP contribution < -0.4 is 10.1 Å². The lowest BCUT2D eigenvalue weighted by Crippen LogP contribution is -2.16. The van der Waals surface area contributed by atoms with E-state index in [0.29, 0.717) is 28.3 Å². The van der Waals surface area contributed by atoms with E-state index in [1.54, 1.807) is 28.8 Å². The van der Waals surface area contributed by atoms with Gasteiger partial charge in [-0.3, -0.25) is 4.79 Å². The van der Waals surface area contributed by atoms with Gasteiger partial charge >= 0.3 is 6.18 Å². The minimum absolute atomic E-state index is 0.00656. The number of alkyl halides is 3. The SMILES string of the molecule is CCn1c(COc2ccccc2Cl)nnc1SCC(=O)Nc1cc(C(F)(F)F)ccc1Cl. The van der Waals surface area contributed by atoms with Crippen molar-refractivity contribution in [3.05, 3.63) is 63.9 Å². The lowest BCUT2D eigenvalue weighted by molar-refractivity contribution is -0.137. The number of hydrogen-bond acceptors (Lipinski definition) is 5. The number of amides is 1. The van der Waals surface area contributed by atoms with Gasteiger partial charge in [-0.05, 0) is 37.3 Å². The zero-order valence-corrected chi connectivity index (χ0v) is 18.9. The molecule has 1 N–H and O–H groups in total. The zero-order valence-electron chi connectivity index (χ0n) is 16.6. The van der Waals surface area contributed by atoms with Crippen LogP contribution in [0.1, 0.15) is 18.3 Å². The van der Waals surface area contributed by atoms with Gasteiger partial charge in [0.25, 0.3) is 0 Å². The number of nitrogens with one attached hydrogen (secondary N) is 1. The molecule has 12 heteroatoms. The summed E-state index contributed by atoms with van der Waals surface area (Å²) in [5.41, 5.74) is -1.02. The van der Waals surface area contributed by atoms with Crippen LogP contribution in [0.5, 0.6) is 5.75 Å². The molecule has 170 valence electrons. The predicted molar refractivity (Wildman–Crippen MR) is 117 cm³/mol. The van der Waals surface area contributed by atoms with Crippen LogP contribution in [-0.4, -0.2) is 26.4 Å². The Morgan fingerprint density at radius 2 is 1.91 bits per heavy atom. The first kappa shape index (κ1) is 24.2. The molecule has 0 fully saturated rings. The van der Waals surface area contributed by atoms with Crippen LogP contribution >= 0.6 is 35.0 Å². The summed E-state index contributed by atoms with van der Waals surface area (Å²) in [5.74, 6) is 0.411. The Morgan fingerprint density at radius 1 is 1.16 bits per heavy atom. The van der Waals surface area contributed by atoms with Gasteiger partial charge in [0, 0.05) is 6.54 Å². The largest absolute Gasteiger partial charge is 0.484 e. The van der Waals surface area contributed by atoms with Gasteiger partial charge in [-0.1, -0.05) is 47.1 Å². The Balaban J connectivity index is 1.62. The standard InChI is InChI=1S/C20H17Cl2F3N4O2S/c1-2-29-17(10-31-16-6-4-3-5-14(16)22)27-28-19(29)32-11-18(30)26-15-9-12(20(23,24)25)7-8-13(15)21/h3-9H,2,10-11H2,1H3,(H,26,30). The number of para-hydroxylation sites is 1. The van der Waals surface area contributed by atoms with Gasteiger partial charge in [0.1, 0.15) is 12.4 Å². The summed E-state index contributed by atoms with van der Waals surface area (Å²) in [6, 6.07) is 9.75. The average molecular weight is 505 g/mol. The molecule has 0 aliphatic carbocycles. The van der Waals surface area contributed by atoms with Crippen molar-refractivity contribution in [1.29, 1.82) is 0 Å². The molecular formula is C20H17Cl2F3N4O2S. The fourth-order valence-electron chi connectivity index (χ4n) is 2.67. The van der Waals surface area contributed by atoms with E-state index < -0.39 is 17.6 Å². The molecule has 32 heavy (non-hydrogen) atoms. The molecule has 0 saturated heterocycles. The summed E-state index contributed by atoms with van der Waals surface area (Å²) < 4.78 is 46.1. The molecule has 3 aromatic rings. The topological polar surface area (TPSA) is 69.0 Å². The third-order valence-corrected chi connectivity index (χ3v) is 5.81. The van der Waals surface area contributed by atoms with Crippen molar-refractivity contribution in [2.45, 2.75) is 31.4 Å². The van der Waals surface area contributed by atoms with Crippen LogP contribution in [-0.2, 0) is 24.1 Å². The molecule has 1 heterocycles. The van der Waals surface area contributed by atoms with E-state index in [9.17, 15) is 18.0 Å². The van der Waals surface area contributed by atoms with Crippen LogP contribution in [0.15, 0.2) is 47.6 Å². The molecule has 3 rings (SSSR count). The first-order valence-corrected chi connectivity index (χ1v) is 11.0. The number of carbonyl (C=O) groups excluding carboxylic acids is 1. The molecule has 0 radical (unpaired) electrons. The number of carbonyl (C=O) groups is 1. The lowest BCUT2D eigenvalue weighted by Gasteiger charge is -2.12. The fraction of sp³-hybridized carbons (Fsp3) is 0.250. The van der Waals surface area contributed by atoms with E-state index in [-0.39, 0.29) is 23.1 Å². The maximum absolute atomic E-state index is 12.9. The number of ether oxygens (including phenoxy) is 1. The number of thioether (sulfide) groups is 1. The van der Waals surface area contributed by atoms with Crippen molar-refractivity contribution in [2.24, 2.45) is 0 Å². The number of rotatable bonds is 8. The summed E-state index contributed by atoms with van der Waals surface area (Å²) in [4.78, 5) is 12.3. The summed E-state index contributed by atoms with van der Waals surface area (Å²) >= 11 is 13.1. The number of halogens is 5. The molecule has 1 amide bonds. The van der Waals surface area contributed by atoms with Crippen LogP contribution in [0.2, 0.25) is 10.0 Å². The second-order valence-electron chi connectivity index (χ2n) is 6.39. The molecule has 0 spiro atoms. The maximum Gasteiger partial charge on any atom is 0.416 e. The van der Waals surface area contributed by atoms with Crippen molar-refractivity contribution >= 4 is 46.6 Å². The van der Waals surface area contributed by atoms with Crippen molar-refractivity contribution in [3.8, 4) is 5.75 Å².